The molecule has 32 heavy (non-hydrogen) atoms. The Bertz CT molecular complexity index is 1090. The number of rotatable bonds is 6. The van der Waals surface area contributed by atoms with Crippen LogP contribution in [0.25, 0.3) is 0 Å². The zero-order chi connectivity index (χ0) is 22.7. The van der Waals surface area contributed by atoms with E-state index in [-0.39, 0.29) is 23.3 Å². The van der Waals surface area contributed by atoms with Crippen molar-refractivity contribution in [1.82, 2.24) is 14.8 Å². The van der Waals surface area contributed by atoms with Gasteiger partial charge in [-0.2, -0.15) is 0 Å². The highest BCUT2D eigenvalue weighted by Gasteiger charge is 2.25. The van der Waals surface area contributed by atoms with Gasteiger partial charge in [-0.3, -0.25) is 9.69 Å². The monoisotopic (exact) mass is 457 g/mol. The zero-order valence-corrected chi connectivity index (χ0v) is 18.9. The predicted octanol–water partition coefficient (Wildman–Crippen LogP) is 4.29. The minimum atomic E-state index is -0.365. The van der Waals surface area contributed by atoms with Gasteiger partial charge in [0, 0.05) is 39.1 Å². The SMILES string of the molecule is COc1ccc(CN2CCN(C(=O)c3sc(Cc4ccc(F)cc4)nc3C)CC2)cc1F. The average molecular weight is 458 g/mol. The second-order valence-electron chi connectivity index (χ2n) is 7.86. The first-order valence-electron chi connectivity index (χ1n) is 10.5. The van der Waals surface area contributed by atoms with Gasteiger partial charge >= 0.3 is 0 Å². The molecule has 1 aromatic heterocycles. The molecule has 0 saturated carbocycles. The molecule has 8 heteroatoms. The Kier molecular flexibility index (Phi) is 6.81. The molecule has 1 aliphatic rings. The minimum absolute atomic E-state index is 0.000461. The number of aromatic nitrogens is 1. The molecule has 3 aromatic rings. The molecule has 168 valence electrons. The van der Waals surface area contributed by atoms with Crippen LogP contribution in [-0.2, 0) is 13.0 Å². The number of halogens is 2. The molecule has 2 heterocycles. The number of benzene rings is 2. The Morgan fingerprint density at radius 1 is 1.06 bits per heavy atom. The van der Waals surface area contributed by atoms with E-state index < -0.39 is 0 Å². The van der Waals surface area contributed by atoms with E-state index in [2.05, 4.69) is 9.88 Å². The number of piperazine rings is 1. The van der Waals surface area contributed by atoms with Crippen molar-refractivity contribution in [3.63, 3.8) is 0 Å². The Morgan fingerprint density at radius 3 is 2.41 bits per heavy atom. The summed E-state index contributed by atoms with van der Waals surface area (Å²) in [4.78, 5) is 22.4. The maximum atomic E-state index is 13.9. The molecular formula is C24H25F2N3O2S. The highest BCUT2D eigenvalue weighted by molar-refractivity contribution is 7.13. The maximum Gasteiger partial charge on any atom is 0.265 e. The number of thiazole rings is 1. The third-order valence-electron chi connectivity index (χ3n) is 5.59. The molecule has 0 spiro atoms. The quantitative estimate of drug-likeness (QED) is 0.554. The molecule has 0 atom stereocenters. The van der Waals surface area contributed by atoms with Gasteiger partial charge < -0.3 is 9.64 Å². The number of aryl methyl sites for hydroxylation is 1. The van der Waals surface area contributed by atoms with E-state index in [0.29, 0.717) is 30.9 Å². The molecule has 1 aliphatic heterocycles. The summed E-state index contributed by atoms with van der Waals surface area (Å²) in [5.74, 6) is -0.393. The lowest BCUT2D eigenvalue weighted by molar-refractivity contribution is 0.0632. The Labute approximate surface area is 190 Å². The van der Waals surface area contributed by atoms with Crippen molar-refractivity contribution in [3.8, 4) is 5.75 Å². The van der Waals surface area contributed by atoms with E-state index in [4.69, 9.17) is 4.74 Å². The van der Waals surface area contributed by atoms with Crippen LogP contribution >= 0.6 is 11.3 Å². The maximum absolute atomic E-state index is 13.9. The van der Waals surface area contributed by atoms with Gasteiger partial charge in [-0.25, -0.2) is 13.8 Å². The van der Waals surface area contributed by atoms with Crippen molar-refractivity contribution in [3.05, 3.63) is 80.8 Å². The predicted molar refractivity (Wildman–Crippen MR) is 120 cm³/mol. The summed E-state index contributed by atoms with van der Waals surface area (Å²) in [5, 5.41) is 0.845. The summed E-state index contributed by atoms with van der Waals surface area (Å²) in [6.07, 6.45) is 0.575. The number of hydrogen-bond donors (Lipinski definition) is 0. The lowest BCUT2D eigenvalue weighted by Crippen LogP contribution is -2.48. The van der Waals surface area contributed by atoms with E-state index in [1.807, 2.05) is 17.9 Å². The smallest absolute Gasteiger partial charge is 0.265 e. The third kappa shape index (κ3) is 5.14. The van der Waals surface area contributed by atoms with Gasteiger partial charge in [0.2, 0.25) is 0 Å². The number of hydrogen-bond acceptors (Lipinski definition) is 5. The lowest BCUT2D eigenvalue weighted by atomic mass is 10.1. The van der Waals surface area contributed by atoms with Crippen LogP contribution < -0.4 is 4.74 Å². The van der Waals surface area contributed by atoms with E-state index >= 15 is 0 Å². The summed E-state index contributed by atoms with van der Waals surface area (Å²) < 4.78 is 32.0. The molecule has 0 radical (unpaired) electrons. The molecule has 1 fully saturated rings. The van der Waals surface area contributed by atoms with Crippen molar-refractivity contribution in [2.24, 2.45) is 0 Å². The molecule has 5 nitrogen and oxygen atoms in total. The largest absolute Gasteiger partial charge is 0.494 e. The van der Waals surface area contributed by atoms with Crippen LogP contribution in [-0.4, -0.2) is 54.0 Å². The molecule has 1 amide bonds. The van der Waals surface area contributed by atoms with Gasteiger partial charge in [0.1, 0.15) is 10.7 Å². The summed E-state index contributed by atoms with van der Waals surface area (Å²) in [5.41, 5.74) is 2.57. The number of ether oxygens (including phenoxy) is 1. The molecule has 1 saturated heterocycles. The molecule has 2 aromatic carbocycles. The van der Waals surface area contributed by atoms with Gasteiger partial charge in [-0.15, -0.1) is 11.3 Å². The molecular weight excluding hydrogens is 432 g/mol. The highest BCUT2D eigenvalue weighted by atomic mass is 32.1. The zero-order valence-electron chi connectivity index (χ0n) is 18.1. The summed E-state index contributed by atoms with van der Waals surface area (Å²) in [6.45, 7) is 5.15. The first-order valence-corrected chi connectivity index (χ1v) is 11.3. The minimum Gasteiger partial charge on any atom is -0.494 e. The fourth-order valence-corrected chi connectivity index (χ4v) is 4.89. The first kappa shape index (κ1) is 22.4. The van der Waals surface area contributed by atoms with Gasteiger partial charge in [0.15, 0.2) is 11.6 Å². The lowest BCUT2D eigenvalue weighted by Gasteiger charge is -2.34. The van der Waals surface area contributed by atoms with Crippen molar-refractivity contribution in [2.45, 2.75) is 19.9 Å². The van der Waals surface area contributed by atoms with Crippen LogP contribution in [0.1, 0.15) is 31.5 Å². The van der Waals surface area contributed by atoms with E-state index in [0.717, 1.165) is 34.9 Å². The van der Waals surface area contributed by atoms with E-state index in [9.17, 15) is 13.6 Å². The van der Waals surface area contributed by atoms with E-state index in [1.165, 1.54) is 36.6 Å². The number of amides is 1. The summed E-state index contributed by atoms with van der Waals surface area (Å²) >= 11 is 1.41. The molecule has 0 aliphatic carbocycles. The van der Waals surface area contributed by atoms with Gasteiger partial charge in [-0.05, 0) is 42.3 Å². The van der Waals surface area contributed by atoms with Crippen LogP contribution in [0.15, 0.2) is 42.5 Å². The summed E-state index contributed by atoms with van der Waals surface area (Å²) in [6, 6.07) is 11.3. The van der Waals surface area contributed by atoms with Crippen LogP contribution in [0.3, 0.4) is 0 Å². The van der Waals surface area contributed by atoms with Gasteiger partial charge in [0.05, 0.1) is 17.8 Å². The standard InChI is InChI=1S/C24H25F2N3O2S/c1-16-23(32-22(27-16)14-17-3-6-19(25)7-4-17)24(30)29-11-9-28(10-12-29)15-18-5-8-21(31-2)20(26)13-18/h3-8,13H,9-12,14-15H2,1-2H3. The van der Waals surface area contributed by atoms with Gasteiger partial charge in [-0.1, -0.05) is 18.2 Å². The van der Waals surface area contributed by atoms with Crippen LogP contribution in [0.5, 0.6) is 5.75 Å². The third-order valence-corrected chi connectivity index (χ3v) is 6.73. The fourth-order valence-electron chi connectivity index (χ4n) is 3.82. The Morgan fingerprint density at radius 2 is 1.75 bits per heavy atom. The van der Waals surface area contributed by atoms with Crippen molar-refractivity contribution < 1.29 is 18.3 Å². The second-order valence-corrected chi connectivity index (χ2v) is 8.95. The molecule has 0 bridgehead atoms. The Balaban J connectivity index is 1.34. The van der Waals surface area contributed by atoms with Crippen LogP contribution in [0.2, 0.25) is 0 Å². The number of nitrogens with zero attached hydrogens (tertiary/aromatic N) is 3. The Hall–Kier alpha value is -2.84. The van der Waals surface area contributed by atoms with Crippen molar-refractivity contribution >= 4 is 17.2 Å². The first-order chi connectivity index (χ1) is 15.4. The topological polar surface area (TPSA) is 45.7 Å². The second kappa shape index (κ2) is 9.75. The van der Waals surface area contributed by atoms with Crippen LogP contribution in [0.4, 0.5) is 8.78 Å². The van der Waals surface area contributed by atoms with Gasteiger partial charge in [0.25, 0.3) is 5.91 Å². The fraction of sp³-hybridized carbons (Fsp3) is 0.333. The molecule has 4 rings (SSSR count). The molecule has 0 N–H and O–H groups in total. The number of carbonyl (C=O) groups is 1. The highest BCUT2D eigenvalue weighted by Crippen LogP contribution is 2.24. The average Bonchev–Trinajstić information content (AvgIpc) is 3.15. The summed E-state index contributed by atoms with van der Waals surface area (Å²) in [7, 11) is 1.45. The van der Waals surface area contributed by atoms with Crippen LogP contribution in [0, 0.1) is 18.6 Å². The number of carbonyl (C=O) groups excluding carboxylic acids is 1. The van der Waals surface area contributed by atoms with E-state index in [1.54, 1.807) is 18.2 Å². The molecule has 0 unspecified atom stereocenters. The number of methoxy groups -OCH3 is 1. The van der Waals surface area contributed by atoms with Crippen molar-refractivity contribution in [2.75, 3.05) is 33.3 Å². The normalized spacial score (nSPS) is 14.6. The van der Waals surface area contributed by atoms with Crippen molar-refractivity contribution in [1.29, 1.82) is 0 Å².